The van der Waals surface area contributed by atoms with Gasteiger partial charge in [0.1, 0.15) is 12.6 Å². The Hall–Kier alpha value is -1.88. The van der Waals surface area contributed by atoms with Crippen LogP contribution in [0.5, 0.6) is 0 Å². The summed E-state index contributed by atoms with van der Waals surface area (Å²) in [6, 6.07) is 6.07. The maximum atomic E-state index is 12.1. The molecule has 0 radical (unpaired) electrons. The molecule has 17 heavy (non-hydrogen) atoms. The van der Waals surface area contributed by atoms with E-state index in [1.54, 1.807) is 24.3 Å². The summed E-state index contributed by atoms with van der Waals surface area (Å²) < 4.78 is 0. The normalized spacial score (nSPS) is 22.5. The predicted molar refractivity (Wildman–Crippen MR) is 60.0 cm³/mol. The van der Waals surface area contributed by atoms with Crippen molar-refractivity contribution in [1.29, 1.82) is 0 Å². The third-order valence-corrected chi connectivity index (χ3v) is 3.12. The topological polar surface area (TPSA) is 59.0 Å². The first-order valence-corrected chi connectivity index (χ1v) is 5.40. The van der Waals surface area contributed by atoms with Gasteiger partial charge in [0.2, 0.25) is 0 Å². The van der Waals surface area contributed by atoms with E-state index in [1.165, 1.54) is 0 Å². The summed E-state index contributed by atoms with van der Waals surface area (Å²) in [4.78, 5) is 30.0. The fourth-order valence-electron chi connectivity index (χ4n) is 1.97. The number of carbonyl (C=O) groups excluding carboxylic acids is 2. The highest BCUT2D eigenvalue weighted by atomic mass is 35.5. The van der Waals surface area contributed by atoms with E-state index in [0.29, 0.717) is 11.1 Å². The van der Waals surface area contributed by atoms with E-state index in [2.05, 4.69) is 5.16 Å². The molecule has 0 saturated heterocycles. The molecule has 6 heteroatoms. The minimum atomic E-state index is -0.607. The van der Waals surface area contributed by atoms with Crippen LogP contribution in [0.3, 0.4) is 0 Å². The molecule has 1 aromatic rings. The molecule has 0 N–H and O–H groups in total. The molecule has 2 aliphatic rings. The Morgan fingerprint density at radius 3 is 2.29 bits per heavy atom. The van der Waals surface area contributed by atoms with Gasteiger partial charge in [0, 0.05) is 0 Å². The summed E-state index contributed by atoms with van der Waals surface area (Å²) in [6.07, 6.45) is 0. The van der Waals surface area contributed by atoms with Crippen LogP contribution < -0.4 is 0 Å². The van der Waals surface area contributed by atoms with Gasteiger partial charge in [0.05, 0.1) is 11.1 Å². The summed E-state index contributed by atoms with van der Waals surface area (Å²) in [7, 11) is 0. The number of oxime groups is 1. The van der Waals surface area contributed by atoms with E-state index in [9.17, 15) is 9.59 Å². The number of rotatable bonds is 1. The van der Waals surface area contributed by atoms with Crippen molar-refractivity contribution < 1.29 is 14.4 Å². The number of halogens is 1. The number of hydrogen-bond acceptors (Lipinski definition) is 4. The minimum Gasteiger partial charge on any atom is -0.392 e. The van der Waals surface area contributed by atoms with E-state index >= 15 is 0 Å². The second kappa shape index (κ2) is 3.56. The van der Waals surface area contributed by atoms with Gasteiger partial charge in [0.15, 0.2) is 5.17 Å². The Bertz CT molecular complexity index is 520. The van der Waals surface area contributed by atoms with E-state index in [0.717, 1.165) is 4.90 Å². The zero-order chi connectivity index (χ0) is 12.0. The van der Waals surface area contributed by atoms with Crippen LogP contribution in [-0.4, -0.2) is 34.5 Å². The summed E-state index contributed by atoms with van der Waals surface area (Å²) >= 11 is 5.81. The van der Waals surface area contributed by atoms with Crippen LogP contribution in [-0.2, 0) is 4.84 Å². The zero-order valence-electron chi connectivity index (χ0n) is 8.59. The molecule has 1 unspecified atom stereocenters. The van der Waals surface area contributed by atoms with Gasteiger partial charge in [-0.25, -0.2) is 0 Å². The summed E-state index contributed by atoms with van der Waals surface area (Å²) in [5, 5.41) is 3.65. The molecule has 86 valence electrons. The van der Waals surface area contributed by atoms with Crippen LogP contribution in [0.4, 0.5) is 0 Å². The SMILES string of the molecule is O=C1c2ccccc2C(=O)N1C1CON=C1Cl. The Labute approximate surface area is 102 Å². The fraction of sp³-hybridized carbons (Fsp3) is 0.182. The number of benzene rings is 1. The molecule has 1 atom stereocenters. The van der Waals surface area contributed by atoms with Crippen LogP contribution in [0.25, 0.3) is 0 Å². The minimum absolute atomic E-state index is 0.115. The summed E-state index contributed by atoms with van der Waals surface area (Å²) in [5.41, 5.74) is 0.794. The van der Waals surface area contributed by atoms with Crippen LogP contribution in [0.1, 0.15) is 20.7 Å². The molecule has 0 fully saturated rings. The first-order chi connectivity index (χ1) is 8.20. The molecule has 0 bridgehead atoms. The molecule has 0 aliphatic carbocycles. The van der Waals surface area contributed by atoms with Gasteiger partial charge in [-0.15, -0.1) is 0 Å². The molecule has 0 spiro atoms. The van der Waals surface area contributed by atoms with E-state index in [-0.39, 0.29) is 23.6 Å². The first-order valence-electron chi connectivity index (χ1n) is 5.02. The highest BCUT2D eigenvalue weighted by Crippen LogP contribution is 2.27. The number of fused-ring (bicyclic) bond motifs is 1. The second-order valence-electron chi connectivity index (χ2n) is 3.75. The van der Waals surface area contributed by atoms with Crippen molar-refractivity contribution in [3.05, 3.63) is 35.4 Å². The van der Waals surface area contributed by atoms with Gasteiger partial charge in [-0.3, -0.25) is 14.5 Å². The van der Waals surface area contributed by atoms with Crippen molar-refractivity contribution in [3.63, 3.8) is 0 Å². The van der Waals surface area contributed by atoms with Gasteiger partial charge in [-0.05, 0) is 12.1 Å². The predicted octanol–water partition coefficient (Wildman–Crippen LogP) is 1.23. The molecule has 3 rings (SSSR count). The number of imide groups is 1. The Morgan fingerprint density at radius 2 is 1.82 bits per heavy atom. The molecule has 2 heterocycles. The van der Waals surface area contributed by atoms with Gasteiger partial charge in [-0.2, -0.15) is 0 Å². The third-order valence-electron chi connectivity index (χ3n) is 2.80. The molecule has 2 amide bonds. The third kappa shape index (κ3) is 1.36. The van der Waals surface area contributed by atoms with Crippen molar-refractivity contribution in [1.82, 2.24) is 4.90 Å². The number of hydrogen-bond donors (Lipinski definition) is 0. The van der Waals surface area contributed by atoms with Gasteiger partial charge in [0.25, 0.3) is 11.8 Å². The molecule has 2 aliphatic heterocycles. The Balaban J connectivity index is 2.04. The number of carbonyl (C=O) groups is 2. The van der Waals surface area contributed by atoms with E-state index < -0.39 is 6.04 Å². The average molecular weight is 251 g/mol. The van der Waals surface area contributed by atoms with E-state index in [4.69, 9.17) is 16.4 Å². The van der Waals surface area contributed by atoms with Crippen LogP contribution >= 0.6 is 11.6 Å². The fourth-order valence-corrected chi connectivity index (χ4v) is 2.18. The second-order valence-corrected chi connectivity index (χ2v) is 4.14. The Morgan fingerprint density at radius 1 is 1.24 bits per heavy atom. The van der Waals surface area contributed by atoms with Gasteiger partial charge >= 0.3 is 0 Å². The van der Waals surface area contributed by atoms with Crippen molar-refractivity contribution >= 4 is 28.6 Å². The summed E-state index contributed by atoms with van der Waals surface area (Å²) in [5.74, 6) is -0.705. The summed E-state index contributed by atoms with van der Waals surface area (Å²) in [6.45, 7) is 0.115. The van der Waals surface area contributed by atoms with Crippen molar-refractivity contribution in [2.45, 2.75) is 6.04 Å². The van der Waals surface area contributed by atoms with E-state index in [1.807, 2.05) is 0 Å². The Kier molecular flexibility index (Phi) is 2.16. The molecule has 0 aromatic heterocycles. The largest absolute Gasteiger partial charge is 0.392 e. The van der Waals surface area contributed by atoms with Crippen molar-refractivity contribution in [3.8, 4) is 0 Å². The maximum Gasteiger partial charge on any atom is 0.262 e. The van der Waals surface area contributed by atoms with Crippen LogP contribution in [0, 0.1) is 0 Å². The number of nitrogens with zero attached hydrogens (tertiary/aromatic N) is 2. The monoisotopic (exact) mass is 250 g/mol. The van der Waals surface area contributed by atoms with Crippen molar-refractivity contribution in [2.24, 2.45) is 5.16 Å². The quantitative estimate of drug-likeness (QED) is 0.705. The highest BCUT2D eigenvalue weighted by molar-refractivity contribution is 6.67. The van der Waals surface area contributed by atoms with Gasteiger partial charge in [-0.1, -0.05) is 28.9 Å². The lowest BCUT2D eigenvalue weighted by Gasteiger charge is -2.18. The standard InChI is InChI=1S/C11H7ClN2O3/c12-9-8(5-17-13-9)14-10(15)6-3-1-2-4-7(6)11(14)16/h1-4,8H,5H2. The molecule has 5 nitrogen and oxygen atoms in total. The van der Waals surface area contributed by atoms with Gasteiger partial charge < -0.3 is 4.84 Å². The molecule has 1 aromatic carbocycles. The lowest BCUT2D eigenvalue weighted by molar-refractivity contribution is 0.0565. The van der Waals surface area contributed by atoms with Crippen LogP contribution in [0.15, 0.2) is 29.4 Å². The molecular formula is C11H7ClN2O3. The highest BCUT2D eigenvalue weighted by Gasteiger charge is 2.43. The average Bonchev–Trinajstić information content (AvgIpc) is 2.84. The van der Waals surface area contributed by atoms with Crippen molar-refractivity contribution in [2.75, 3.05) is 6.61 Å². The number of amides is 2. The maximum absolute atomic E-state index is 12.1. The lowest BCUT2D eigenvalue weighted by atomic mass is 10.1. The molecule has 0 saturated carbocycles. The smallest absolute Gasteiger partial charge is 0.262 e. The molecular weight excluding hydrogens is 244 g/mol. The van der Waals surface area contributed by atoms with Crippen LogP contribution in [0.2, 0.25) is 0 Å². The lowest BCUT2D eigenvalue weighted by Crippen LogP contribution is -2.43. The first kappa shape index (κ1) is 10.3. The zero-order valence-corrected chi connectivity index (χ0v) is 9.35.